The quantitative estimate of drug-likeness (QED) is 0.851. The fraction of sp³-hybridized carbons (Fsp3) is 0.375. The van der Waals surface area contributed by atoms with Crippen LogP contribution in [0.15, 0.2) is 30.3 Å². The summed E-state index contributed by atoms with van der Waals surface area (Å²) in [6.45, 7) is 2.17. The predicted octanol–water partition coefficient (Wildman–Crippen LogP) is 4.84. The average Bonchev–Trinajstić information content (AvgIpc) is 2.86. The second-order valence-electron chi connectivity index (χ2n) is 5.36. The van der Waals surface area contributed by atoms with Gasteiger partial charge in [-0.05, 0) is 61.6 Å². The molecule has 0 saturated heterocycles. The van der Waals surface area contributed by atoms with Crippen LogP contribution in [0.4, 0.5) is 0 Å². The number of phenols is 1. The third-order valence-corrected chi connectivity index (χ3v) is 5.33. The Morgan fingerprint density at radius 2 is 2.20 bits per heavy atom. The Morgan fingerprint density at radius 3 is 2.95 bits per heavy atom. The highest BCUT2D eigenvalue weighted by atomic mass is 35.5. The second kappa shape index (κ2) is 5.76. The van der Waals surface area contributed by atoms with E-state index in [0.717, 1.165) is 17.2 Å². The summed E-state index contributed by atoms with van der Waals surface area (Å²) >= 11 is 7.63. The zero-order valence-electron chi connectivity index (χ0n) is 11.4. The molecule has 0 spiro atoms. The molecule has 0 saturated carbocycles. The molecule has 0 radical (unpaired) electrons. The van der Waals surface area contributed by atoms with Gasteiger partial charge in [-0.25, -0.2) is 0 Å². The Hall–Kier alpha value is -1.03. The lowest BCUT2D eigenvalue weighted by molar-refractivity contribution is 0.413. The number of fused-ring (bicyclic) bond motifs is 1. The van der Waals surface area contributed by atoms with Gasteiger partial charge >= 0.3 is 0 Å². The number of aromatic hydroxyl groups is 1. The molecule has 2 unspecified atom stereocenters. The number of rotatable bonds is 3. The first kappa shape index (κ1) is 13.9. The lowest BCUT2D eigenvalue weighted by Crippen LogP contribution is -2.27. The molecule has 106 valence electrons. The van der Waals surface area contributed by atoms with Crippen molar-refractivity contribution >= 4 is 22.9 Å². The van der Waals surface area contributed by atoms with Crippen molar-refractivity contribution in [3.8, 4) is 5.75 Å². The molecule has 2 atom stereocenters. The first-order chi connectivity index (χ1) is 9.63. The summed E-state index contributed by atoms with van der Waals surface area (Å²) in [6.07, 6.45) is 3.40. The van der Waals surface area contributed by atoms with Crippen LogP contribution >= 0.6 is 22.9 Å². The molecule has 1 heterocycles. The van der Waals surface area contributed by atoms with Crippen molar-refractivity contribution < 1.29 is 5.11 Å². The minimum absolute atomic E-state index is 0.269. The summed E-state index contributed by atoms with van der Waals surface area (Å²) in [5.41, 5.74) is 2.59. The van der Waals surface area contributed by atoms with Crippen molar-refractivity contribution in [2.45, 2.75) is 38.3 Å². The van der Waals surface area contributed by atoms with Crippen LogP contribution in [0.5, 0.6) is 5.75 Å². The Balaban J connectivity index is 1.80. The van der Waals surface area contributed by atoms with E-state index in [1.165, 1.54) is 22.4 Å². The van der Waals surface area contributed by atoms with Crippen LogP contribution in [0.2, 0.25) is 4.34 Å². The molecule has 2 aromatic rings. The molecule has 0 aliphatic heterocycles. The summed E-state index contributed by atoms with van der Waals surface area (Å²) in [5, 5.41) is 13.4. The minimum Gasteiger partial charge on any atom is -0.508 e. The van der Waals surface area contributed by atoms with Crippen molar-refractivity contribution in [1.29, 1.82) is 0 Å². The summed E-state index contributed by atoms with van der Waals surface area (Å²) in [5.74, 6) is 0.351. The number of nitrogens with one attached hydrogen (secondary N) is 1. The molecular formula is C16H18ClNOS. The molecule has 0 amide bonds. The number of hydrogen-bond donors (Lipinski definition) is 2. The van der Waals surface area contributed by atoms with Crippen LogP contribution in [-0.4, -0.2) is 5.11 Å². The van der Waals surface area contributed by atoms with Gasteiger partial charge in [0.2, 0.25) is 0 Å². The van der Waals surface area contributed by atoms with E-state index in [4.69, 9.17) is 11.6 Å². The fourth-order valence-corrected chi connectivity index (χ4v) is 3.98. The van der Waals surface area contributed by atoms with Gasteiger partial charge in [0.15, 0.2) is 0 Å². The standard InChI is InChI=1S/C16H18ClNOS/c1-10(15-7-8-16(17)20-15)18-14-4-2-3-11-5-6-12(19)9-13(11)14/h5-10,14,18-19H,2-4H2,1H3. The lowest BCUT2D eigenvalue weighted by atomic mass is 9.87. The van der Waals surface area contributed by atoms with Crippen molar-refractivity contribution in [1.82, 2.24) is 5.32 Å². The van der Waals surface area contributed by atoms with Gasteiger partial charge in [0.05, 0.1) is 4.34 Å². The molecule has 20 heavy (non-hydrogen) atoms. The first-order valence-corrected chi connectivity index (χ1v) is 8.16. The topological polar surface area (TPSA) is 32.3 Å². The smallest absolute Gasteiger partial charge is 0.115 e. The highest BCUT2D eigenvalue weighted by molar-refractivity contribution is 7.16. The van der Waals surface area contributed by atoms with Crippen LogP contribution < -0.4 is 5.32 Å². The number of aryl methyl sites for hydroxylation is 1. The van der Waals surface area contributed by atoms with Gasteiger partial charge < -0.3 is 10.4 Å². The molecule has 3 rings (SSSR count). The van der Waals surface area contributed by atoms with Gasteiger partial charge in [0, 0.05) is 17.0 Å². The van der Waals surface area contributed by atoms with E-state index < -0.39 is 0 Å². The van der Waals surface area contributed by atoms with Gasteiger partial charge in [-0.15, -0.1) is 11.3 Å². The molecule has 1 aliphatic carbocycles. The molecule has 1 aliphatic rings. The van der Waals surface area contributed by atoms with Crippen molar-refractivity contribution in [2.75, 3.05) is 0 Å². The van der Waals surface area contributed by atoms with E-state index >= 15 is 0 Å². The third-order valence-electron chi connectivity index (χ3n) is 3.92. The number of phenolic OH excluding ortho intramolecular Hbond substituents is 1. The monoisotopic (exact) mass is 307 g/mol. The first-order valence-electron chi connectivity index (χ1n) is 6.96. The van der Waals surface area contributed by atoms with Crippen LogP contribution in [0.1, 0.15) is 47.9 Å². The van der Waals surface area contributed by atoms with Gasteiger partial charge in [-0.2, -0.15) is 0 Å². The van der Waals surface area contributed by atoms with E-state index in [1.54, 1.807) is 17.4 Å². The number of benzene rings is 1. The second-order valence-corrected chi connectivity index (χ2v) is 7.10. The van der Waals surface area contributed by atoms with Gasteiger partial charge in [0.25, 0.3) is 0 Å². The average molecular weight is 308 g/mol. The van der Waals surface area contributed by atoms with Gasteiger partial charge in [-0.3, -0.25) is 0 Å². The highest BCUT2D eigenvalue weighted by Crippen LogP contribution is 2.35. The summed E-state index contributed by atoms with van der Waals surface area (Å²) in [7, 11) is 0. The molecule has 4 heteroatoms. The van der Waals surface area contributed by atoms with Crippen molar-refractivity contribution in [2.24, 2.45) is 0 Å². The van der Waals surface area contributed by atoms with Crippen LogP contribution in [0.3, 0.4) is 0 Å². The summed E-state index contributed by atoms with van der Waals surface area (Å²) in [4.78, 5) is 1.25. The summed E-state index contributed by atoms with van der Waals surface area (Å²) in [6, 6.07) is 10.3. The minimum atomic E-state index is 0.269. The fourth-order valence-electron chi connectivity index (χ4n) is 2.90. The van der Waals surface area contributed by atoms with E-state index in [9.17, 15) is 5.11 Å². The largest absolute Gasteiger partial charge is 0.508 e. The third kappa shape index (κ3) is 2.85. The van der Waals surface area contributed by atoms with Gasteiger partial charge in [0.1, 0.15) is 5.75 Å². The molecular weight excluding hydrogens is 290 g/mol. The van der Waals surface area contributed by atoms with E-state index in [0.29, 0.717) is 11.8 Å². The Morgan fingerprint density at radius 1 is 1.35 bits per heavy atom. The SMILES string of the molecule is CC(NC1CCCc2ccc(O)cc21)c1ccc(Cl)s1. The van der Waals surface area contributed by atoms with Crippen molar-refractivity contribution in [3.63, 3.8) is 0 Å². The number of hydrogen-bond acceptors (Lipinski definition) is 3. The maximum absolute atomic E-state index is 9.72. The molecule has 1 aromatic heterocycles. The Bertz CT molecular complexity index is 610. The molecule has 2 N–H and O–H groups in total. The zero-order chi connectivity index (χ0) is 14.1. The lowest BCUT2D eigenvalue weighted by Gasteiger charge is -2.29. The molecule has 0 bridgehead atoms. The zero-order valence-corrected chi connectivity index (χ0v) is 13.0. The highest BCUT2D eigenvalue weighted by Gasteiger charge is 2.22. The molecule has 0 fully saturated rings. The van der Waals surface area contributed by atoms with E-state index in [2.05, 4.69) is 18.3 Å². The Kier molecular flexibility index (Phi) is 4.01. The van der Waals surface area contributed by atoms with Crippen LogP contribution in [0.25, 0.3) is 0 Å². The number of thiophene rings is 1. The van der Waals surface area contributed by atoms with E-state index in [1.807, 2.05) is 18.2 Å². The van der Waals surface area contributed by atoms with Crippen molar-refractivity contribution in [3.05, 3.63) is 50.7 Å². The Labute approximate surface area is 128 Å². The van der Waals surface area contributed by atoms with Crippen LogP contribution in [0, 0.1) is 0 Å². The summed E-state index contributed by atoms with van der Waals surface area (Å²) < 4.78 is 0.829. The maximum atomic E-state index is 9.72. The van der Waals surface area contributed by atoms with E-state index in [-0.39, 0.29) is 6.04 Å². The molecule has 2 nitrogen and oxygen atoms in total. The normalized spacial score (nSPS) is 19.6. The predicted molar refractivity (Wildman–Crippen MR) is 84.7 cm³/mol. The molecule has 1 aromatic carbocycles. The maximum Gasteiger partial charge on any atom is 0.115 e. The number of halogens is 1. The van der Waals surface area contributed by atoms with Gasteiger partial charge in [-0.1, -0.05) is 17.7 Å². The van der Waals surface area contributed by atoms with Crippen LogP contribution in [-0.2, 0) is 6.42 Å².